The molecule has 0 saturated heterocycles. The van der Waals surface area contributed by atoms with E-state index in [4.69, 9.17) is 17.2 Å². The van der Waals surface area contributed by atoms with Gasteiger partial charge < -0.3 is 17.2 Å². The standard InChI is InChI=1S/C36H51N9O3Si3/c1-19-25(37)16-13-22(28(19)49(4,5)6)31(46)40-34-43-35(41-32(47)23-14-17-26(38)20(2)29(23)50(7,8)9)45-36(44-34)42-33(48)24-15-18-27(39)21(3)30(24)51(10,11)12/h13-18H,37-39H2,1-12H3,(H3,40,41,42,43,44,45,46,47,48). The maximum atomic E-state index is 13.9. The predicted octanol–water partition coefficient (Wildman–Crippen LogP) is 4.94. The number of carbonyl (C=O) groups excluding carboxylic acids is 3. The van der Waals surface area contributed by atoms with Crippen LogP contribution in [0, 0.1) is 20.8 Å². The average Bonchev–Trinajstić information content (AvgIpc) is 2.98. The van der Waals surface area contributed by atoms with Gasteiger partial charge >= 0.3 is 0 Å². The van der Waals surface area contributed by atoms with Crippen LogP contribution in [-0.2, 0) is 0 Å². The summed E-state index contributed by atoms with van der Waals surface area (Å²) in [5.74, 6) is -1.84. The van der Waals surface area contributed by atoms with E-state index in [-0.39, 0.29) is 17.8 Å². The molecule has 0 unspecified atom stereocenters. The van der Waals surface area contributed by atoms with Crippen LogP contribution in [0.3, 0.4) is 0 Å². The predicted molar refractivity (Wildman–Crippen MR) is 219 cm³/mol. The van der Waals surface area contributed by atoms with Gasteiger partial charge in [-0.25, -0.2) is 0 Å². The lowest BCUT2D eigenvalue weighted by Gasteiger charge is -2.25. The van der Waals surface area contributed by atoms with E-state index in [9.17, 15) is 14.4 Å². The number of nitrogens with one attached hydrogen (secondary N) is 3. The molecule has 0 aliphatic rings. The normalized spacial score (nSPS) is 12.0. The molecule has 0 saturated carbocycles. The van der Waals surface area contributed by atoms with E-state index in [1.165, 1.54) is 0 Å². The van der Waals surface area contributed by atoms with E-state index in [1.807, 2.05) is 20.8 Å². The second kappa shape index (κ2) is 14.0. The highest BCUT2D eigenvalue weighted by Crippen LogP contribution is 2.22. The van der Waals surface area contributed by atoms with Crippen molar-refractivity contribution >= 4 is 92.4 Å². The number of anilines is 6. The zero-order valence-electron chi connectivity index (χ0n) is 31.8. The molecule has 51 heavy (non-hydrogen) atoms. The Morgan fingerprint density at radius 1 is 0.451 bits per heavy atom. The van der Waals surface area contributed by atoms with Gasteiger partial charge in [-0.3, -0.25) is 30.3 Å². The second-order valence-corrected chi connectivity index (χ2v) is 31.0. The van der Waals surface area contributed by atoms with E-state index in [2.05, 4.69) is 89.8 Å². The van der Waals surface area contributed by atoms with Crippen LogP contribution in [0.15, 0.2) is 36.4 Å². The number of amides is 3. The Kier molecular flexibility index (Phi) is 10.7. The molecule has 3 amide bonds. The summed E-state index contributed by atoms with van der Waals surface area (Å²) in [6, 6.07) is 10.2. The third kappa shape index (κ3) is 8.37. The molecule has 0 bridgehead atoms. The van der Waals surface area contributed by atoms with Crippen molar-refractivity contribution < 1.29 is 14.4 Å². The Labute approximate surface area is 303 Å². The SMILES string of the molecule is Cc1c(N)ccc(C(=O)Nc2nc(NC(=O)c3ccc(N)c(C)c3[Si](C)(C)C)nc(NC(=O)c3ccc(N)c(C)c3[Si](C)(C)C)n2)c1[Si](C)(C)C. The summed E-state index contributed by atoms with van der Waals surface area (Å²) < 4.78 is 0. The maximum absolute atomic E-state index is 13.9. The molecule has 270 valence electrons. The minimum Gasteiger partial charge on any atom is -0.399 e. The molecule has 15 heteroatoms. The average molecular weight is 742 g/mol. The zero-order valence-corrected chi connectivity index (χ0v) is 34.8. The van der Waals surface area contributed by atoms with Gasteiger partial charge in [0.25, 0.3) is 17.7 Å². The van der Waals surface area contributed by atoms with Gasteiger partial charge in [-0.2, -0.15) is 15.0 Å². The van der Waals surface area contributed by atoms with E-state index >= 15 is 0 Å². The number of carbonyl (C=O) groups is 3. The van der Waals surface area contributed by atoms with E-state index in [0.29, 0.717) is 33.8 Å². The van der Waals surface area contributed by atoms with E-state index < -0.39 is 41.9 Å². The van der Waals surface area contributed by atoms with Crippen LogP contribution in [0.5, 0.6) is 0 Å². The fourth-order valence-corrected chi connectivity index (χ4v) is 13.5. The third-order valence-electron chi connectivity index (χ3n) is 8.82. The molecular formula is C36H51N9O3Si3. The number of hydrogen-bond acceptors (Lipinski definition) is 9. The van der Waals surface area contributed by atoms with Gasteiger partial charge in [0.2, 0.25) is 17.8 Å². The van der Waals surface area contributed by atoms with Crippen molar-refractivity contribution in [3.05, 3.63) is 69.8 Å². The van der Waals surface area contributed by atoms with Crippen LogP contribution in [0.25, 0.3) is 0 Å². The smallest absolute Gasteiger partial charge is 0.257 e. The van der Waals surface area contributed by atoms with Crippen molar-refractivity contribution in [1.29, 1.82) is 0 Å². The van der Waals surface area contributed by atoms with Crippen LogP contribution in [0.1, 0.15) is 47.8 Å². The largest absolute Gasteiger partial charge is 0.399 e. The Bertz CT molecular complexity index is 1820. The molecule has 4 rings (SSSR count). The number of aromatic nitrogens is 3. The van der Waals surface area contributed by atoms with Crippen molar-refractivity contribution in [2.45, 2.75) is 79.7 Å². The van der Waals surface area contributed by atoms with Gasteiger partial charge in [0.05, 0.1) is 24.2 Å². The first kappa shape index (κ1) is 38.9. The van der Waals surface area contributed by atoms with E-state index in [1.54, 1.807) is 36.4 Å². The molecule has 1 aromatic heterocycles. The van der Waals surface area contributed by atoms with Crippen LogP contribution in [0.2, 0.25) is 58.9 Å². The summed E-state index contributed by atoms with van der Waals surface area (Å²) in [6.45, 7) is 24.9. The Morgan fingerprint density at radius 3 is 0.863 bits per heavy atom. The fraction of sp³-hybridized carbons (Fsp3) is 0.333. The summed E-state index contributed by atoms with van der Waals surface area (Å²) in [6.07, 6.45) is 0. The summed E-state index contributed by atoms with van der Waals surface area (Å²) in [7, 11) is -6.16. The first-order valence-corrected chi connectivity index (χ1v) is 27.3. The Balaban J connectivity index is 1.82. The van der Waals surface area contributed by atoms with Crippen LogP contribution >= 0.6 is 0 Å². The molecule has 0 atom stereocenters. The highest BCUT2D eigenvalue weighted by molar-refractivity contribution is 6.91. The van der Waals surface area contributed by atoms with Gasteiger partial charge in [0.1, 0.15) is 0 Å². The molecule has 0 aliphatic heterocycles. The second-order valence-electron chi connectivity index (χ2n) is 16.0. The first-order chi connectivity index (χ1) is 23.4. The quantitative estimate of drug-likeness (QED) is 0.101. The minimum atomic E-state index is -2.05. The third-order valence-corrected chi connectivity index (χ3v) is 15.2. The van der Waals surface area contributed by atoms with Crippen molar-refractivity contribution in [1.82, 2.24) is 15.0 Å². The molecule has 9 N–H and O–H groups in total. The maximum Gasteiger partial charge on any atom is 0.257 e. The van der Waals surface area contributed by atoms with Crippen LogP contribution < -0.4 is 48.7 Å². The first-order valence-electron chi connectivity index (χ1n) is 16.8. The summed E-state index contributed by atoms with van der Waals surface area (Å²) in [5.41, 5.74) is 24.5. The van der Waals surface area contributed by atoms with Crippen molar-refractivity contribution in [2.24, 2.45) is 0 Å². The van der Waals surface area contributed by atoms with Crippen molar-refractivity contribution in [3.63, 3.8) is 0 Å². The number of nitrogens with zero attached hydrogens (tertiary/aromatic N) is 3. The van der Waals surface area contributed by atoms with Crippen LogP contribution in [-0.4, -0.2) is 56.9 Å². The van der Waals surface area contributed by atoms with Gasteiger partial charge in [-0.15, -0.1) is 0 Å². The Morgan fingerprint density at radius 2 is 0.667 bits per heavy atom. The van der Waals surface area contributed by atoms with E-state index in [0.717, 1.165) is 32.3 Å². The van der Waals surface area contributed by atoms with Gasteiger partial charge in [-0.1, -0.05) is 58.9 Å². The molecule has 0 spiro atoms. The monoisotopic (exact) mass is 741 g/mol. The van der Waals surface area contributed by atoms with Crippen molar-refractivity contribution in [2.75, 3.05) is 33.2 Å². The highest BCUT2D eigenvalue weighted by Gasteiger charge is 2.30. The lowest BCUT2D eigenvalue weighted by atomic mass is 10.1. The highest BCUT2D eigenvalue weighted by atomic mass is 28.3. The molecular weight excluding hydrogens is 691 g/mol. The number of benzene rings is 3. The zero-order chi connectivity index (χ0) is 38.4. The van der Waals surface area contributed by atoms with Gasteiger partial charge in [-0.05, 0) is 89.4 Å². The molecule has 0 aliphatic carbocycles. The van der Waals surface area contributed by atoms with Gasteiger partial charge in [0, 0.05) is 33.8 Å². The number of rotatable bonds is 9. The molecule has 12 nitrogen and oxygen atoms in total. The number of hydrogen-bond donors (Lipinski definition) is 6. The van der Waals surface area contributed by atoms with Crippen LogP contribution in [0.4, 0.5) is 34.9 Å². The molecule has 4 aromatic rings. The molecule has 1 heterocycles. The Hall–Kier alpha value is -4.87. The lowest BCUT2D eigenvalue weighted by molar-refractivity contribution is 0.102. The number of nitrogens with two attached hydrogens (primary N) is 3. The number of nitrogen functional groups attached to an aromatic ring is 3. The molecule has 0 fully saturated rings. The summed E-state index contributed by atoms with van der Waals surface area (Å²) >= 11 is 0. The van der Waals surface area contributed by atoms with Crippen molar-refractivity contribution in [3.8, 4) is 0 Å². The topological polar surface area (TPSA) is 204 Å². The van der Waals surface area contributed by atoms with Gasteiger partial charge in [0.15, 0.2) is 0 Å². The minimum absolute atomic E-state index is 0.158. The molecule has 0 radical (unpaired) electrons. The lowest BCUT2D eigenvalue weighted by Crippen LogP contribution is -2.44. The summed E-state index contributed by atoms with van der Waals surface area (Å²) in [5, 5.41) is 11.1. The fourth-order valence-electron chi connectivity index (χ4n) is 6.70. The molecule has 3 aromatic carbocycles. The summed E-state index contributed by atoms with van der Waals surface area (Å²) in [4.78, 5) is 54.9.